The molecule has 1 amide bonds. The number of carbonyl (C=O) groups is 1. The molecule has 0 saturated carbocycles. The number of nitro groups is 1. The molecule has 0 bridgehead atoms. The molecular formula is C22H21N3O6S. The van der Waals surface area contributed by atoms with Gasteiger partial charge in [-0.3, -0.25) is 14.9 Å². The van der Waals surface area contributed by atoms with E-state index in [-0.39, 0.29) is 23.0 Å². The predicted molar refractivity (Wildman–Crippen MR) is 115 cm³/mol. The highest BCUT2D eigenvalue weighted by atomic mass is 32.2. The van der Waals surface area contributed by atoms with Crippen LogP contribution in [0.4, 0.5) is 5.69 Å². The molecule has 0 spiro atoms. The quantitative estimate of drug-likeness (QED) is 0.375. The van der Waals surface area contributed by atoms with Crippen LogP contribution in [0.15, 0.2) is 76.2 Å². The fraction of sp³-hybridized carbons (Fsp3) is 0.227. The van der Waals surface area contributed by atoms with Crippen molar-refractivity contribution in [1.82, 2.24) is 9.21 Å². The summed E-state index contributed by atoms with van der Waals surface area (Å²) in [6, 6.07) is 15.0. The first-order valence-electron chi connectivity index (χ1n) is 10.0. The Hall–Kier alpha value is -3.50. The SMILES string of the molecule is CCCN1C(=O)c2ccccc2[C@@H]1N(Cc1ccco1)S(=O)(=O)c1ccc([N+](=O)[O-])cc1. The minimum atomic E-state index is -4.16. The molecule has 1 aliphatic rings. The molecule has 0 N–H and O–H groups in total. The minimum Gasteiger partial charge on any atom is -0.468 e. The number of carbonyl (C=O) groups excluding carboxylic acids is 1. The number of nitrogens with zero attached hydrogens (tertiary/aromatic N) is 3. The van der Waals surface area contributed by atoms with Gasteiger partial charge in [0.2, 0.25) is 10.0 Å². The van der Waals surface area contributed by atoms with Gasteiger partial charge in [0.15, 0.2) is 0 Å². The lowest BCUT2D eigenvalue weighted by atomic mass is 10.1. The van der Waals surface area contributed by atoms with Crippen LogP contribution in [0, 0.1) is 10.1 Å². The summed E-state index contributed by atoms with van der Waals surface area (Å²) in [4.78, 5) is 24.9. The van der Waals surface area contributed by atoms with Gasteiger partial charge in [-0.1, -0.05) is 25.1 Å². The van der Waals surface area contributed by atoms with E-state index in [1.165, 1.54) is 27.6 Å². The number of benzene rings is 2. The van der Waals surface area contributed by atoms with Crippen molar-refractivity contribution in [2.75, 3.05) is 6.54 Å². The van der Waals surface area contributed by atoms with E-state index in [4.69, 9.17) is 4.42 Å². The normalized spacial score (nSPS) is 15.9. The van der Waals surface area contributed by atoms with Gasteiger partial charge in [0.1, 0.15) is 11.9 Å². The summed E-state index contributed by atoms with van der Waals surface area (Å²) in [5.41, 5.74) is 0.827. The molecule has 0 fully saturated rings. The summed E-state index contributed by atoms with van der Waals surface area (Å²) in [5.74, 6) is 0.166. The highest BCUT2D eigenvalue weighted by molar-refractivity contribution is 7.89. The fourth-order valence-corrected chi connectivity index (χ4v) is 5.40. The van der Waals surface area contributed by atoms with Gasteiger partial charge in [0, 0.05) is 29.8 Å². The molecule has 1 aromatic heterocycles. The summed E-state index contributed by atoms with van der Waals surface area (Å²) >= 11 is 0. The Balaban J connectivity index is 1.85. The molecule has 4 rings (SSSR count). The molecule has 9 nitrogen and oxygen atoms in total. The average molecular weight is 455 g/mol. The summed E-state index contributed by atoms with van der Waals surface area (Å²) < 4.78 is 34.2. The van der Waals surface area contributed by atoms with Crippen molar-refractivity contribution < 1.29 is 22.6 Å². The maximum Gasteiger partial charge on any atom is 0.269 e. The monoisotopic (exact) mass is 455 g/mol. The molecule has 32 heavy (non-hydrogen) atoms. The Labute approximate surface area is 185 Å². The number of hydrogen-bond acceptors (Lipinski definition) is 6. The zero-order valence-corrected chi connectivity index (χ0v) is 18.1. The lowest BCUT2D eigenvalue weighted by Crippen LogP contribution is -2.43. The van der Waals surface area contributed by atoms with Gasteiger partial charge >= 0.3 is 0 Å². The number of amides is 1. The van der Waals surface area contributed by atoms with Crippen LogP contribution in [-0.4, -0.2) is 35.0 Å². The van der Waals surface area contributed by atoms with E-state index >= 15 is 0 Å². The third-order valence-corrected chi connectivity index (χ3v) is 7.12. The number of non-ortho nitro benzene ring substituents is 1. The minimum absolute atomic E-state index is 0.108. The molecule has 0 aliphatic carbocycles. The second kappa shape index (κ2) is 8.56. The van der Waals surface area contributed by atoms with Gasteiger partial charge < -0.3 is 9.32 Å². The number of fused-ring (bicyclic) bond motifs is 1. The highest BCUT2D eigenvalue weighted by Crippen LogP contribution is 2.40. The maximum atomic E-state index is 13.8. The Morgan fingerprint density at radius 3 is 2.44 bits per heavy atom. The average Bonchev–Trinajstić information content (AvgIpc) is 3.39. The first-order valence-corrected chi connectivity index (χ1v) is 11.5. The third-order valence-electron chi connectivity index (χ3n) is 5.31. The molecule has 1 atom stereocenters. The smallest absolute Gasteiger partial charge is 0.269 e. The number of furan rings is 1. The lowest BCUT2D eigenvalue weighted by molar-refractivity contribution is -0.384. The maximum absolute atomic E-state index is 13.8. The summed E-state index contributed by atoms with van der Waals surface area (Å²) in [6.07, 6.45) is 1.22. The highest BCUT2D eigenvalue weighted by Gasteiger charge is 2.44. The standard InChI is InChI=1S/C22H21N3O6S/c1-2-13-23-21(19-7-3-4-8-20(19)22(23)26)24(15-17-6-5-14-31-17)32(29,30)18-11-9-16(10-12-18)25(27)28/h3-12,14,21H,2,13,15H2,1H3/t21-/m0/s1. The van der Waals surface area contributed by atoms with Crippen LogP contribution >= 0.6 is 0 Å². The zero-order chi connectivity index (χ0) is 22.9. The summed E-state index contributed by atoms with van der Waals surface area (Å²) in [7, 11) is -4.16. The van der Waals surface area contributed by atoms with Crippen molar-refractivity contribution in [1.29, 1.82) is 0 Å². The second-order valence-electron chi connectivity index (χ2n) is 7.34. The summed E-state index contributed by atoms with van der Waals surface area (Å²) in [6.45, 7) is 2.16. The van der Waals surface area contributed by atoms with Gasteiger partial charge in [-0.15, -0.1) is 0 Å². The van der Waals surface area contributed by atoms with Crippen molar-refractivity contribution in [2.45, 2.75) is 31.0 Å². The second-order valence-corrected chi connectivity index (χ2v) is 9.23. The van der Waals surface area contributed by atoms with Crippen molar-refractivity contribution in [3.05, 3.63) is 93.9 Å². The van der Waals surface area contributed by atoms with Gasteiger partial charge in [0.05, 0.1) is 22.6 Å². The molecule has 166 valence electrons. The molecular weight excluding hydrogens is 434 g/mol. The van der Waals surface area contributed by atoms with E-state index in [9.17, 15) is 23.3 Å². The van der Waals surface area contributed by atoms with Crippen LogP contribution in [0.5, 0.6) is 0 Å². The molecule has 2 heterocycles. The topological polar surface area (TPSA) is 114 Å². The van der Waals surface area contributed by atoms with Gasteiger partial charge in [-0.25, -0.2) is 8.42 Å². The molecule has 0 saturated heterocycles. The first-order chi connectivity index (χ1) is 15.3. The van der Waals surface area contributed by atoms with Crippen molar-refractivity contribution in [3.63, 3.8) is 0 Å². The third kappa shape index (κ3) is 3.78. The van der Waals surface area contributed by atoms with Crippen LogP contribution in [0.25, 0.3) is 0 Å². The molecule has 0 radical (unpaired) electrons. The van der Waals surface area contributed by atoms with E-state index in [1.807, 2.05) is 6.92 Å². The Morgan fingerprint density at radius 2 is 1.81 bits per heavy atom. The van der Waals surface area contributed by atoms with E-state index in [0.29, 0.717) is 29.9 Å². The van der Waals surface area contributed by atoms with Crippen molar-refractivity contribution >= 4 is 21.6 Å². The Kier molecular flexibility index (Phi) is 5.81. The summed E-state index contributed by atoms with van der Waals surface area (Å²) in [5, 5.41) is 11.0. The van der Waals surface area contributed by atoms with Crippen molar-refractivity contribution in [2.24, 2.45) is 0 Å². The van der Waals surface area contributed by atoms with Crippen molar-refractivity contribution in [3.8, 4) is 0 Å². The Morgan fingerprint density at radius 1 is 1.09 bits per heavy atom. The van der Waals surface area contributed by atoms with E-state index in [0.717, 1.165) is 12.1 Å². The number of hydrogen-bond donors (Lipinski definition) is 0. The molecule has 0 unspecified atom stereocenters. The predicted octanol–water partition coefficient (Wildman–Crippen LogP) is 3.94. The largest absolute Gasteiger partial charge is 0.468 e. The van der Waals surface area contributed by atoms with E-state index in [1.54, 1.807) is 36.4 Å². The number of sulfonamides is 1. The van der Waals surface area contributed by atoms with Gasteiger partial charge in [0.25, 0.3) is 11.6 Å². The number of nitro benzene ring substituents is 1. The Bertz CT molecular complexity index is 1240. The lowest BCUT2D eigenvalue weighted by Gasteiger charge is -2.34. The van der Waals surface area contributed by atoms with Crippen LogP contribution in [-0.2, 0) is 16.6 Å². The van der Waals surface area contributed by atoms with Crippen LogP contribution < -0.4 is 0 Å². The van der Waals surface area contributed by atoms with Gasteiger partial charge in [-0.2, -0.15) is 4.31 Å². The van der Waals surface area contributed by atoms with Crippen LogP contribution in [0.1, 0.15) is 41.2 Å². The molecule has 10 heteroatoms. The van der Waals surface area contributed by atoms with Crippen LogP contribution in [0.2, 0.25) is 0 Å². The first kappa shape index (κ1) is 21.7. The van der Waals surface area contributed by atoms with Crippen LogP contribution in [0.3, 0.4) is 0 Å². The molecule has 1 aliphatic heterocycles. The fourth-order valence-electron chi connectivity index (χ4n) is 3.86. The van der Waals surface area contributed by atoms with Gasteiger partial charge in [-0.05, 0) is 36.8 Å². The molecule has 3 aromatic rings. The van der Waals surface area contributed by atoms with E-state index < -0.39 is 21.1 Å². The van der Waals surface area contributed by atoms with E-state index in [2.05, 4.69) is 0 Å². The number of rotatable bonds is 8. The zero-order valence-electron chi connectivity index (χ0n) is 17.2. The molecule has 2 aromatic carbocycles.